The van der Waals surface area contributed by atoms with E-state index in [-0.39, 0.29) is 7.43 Å². The van der Waals surface area contributed by atoms with Crippen molar-refractivity contribution in [3.63, 3.8) is 0 Å². The van der Waals surface area contributed by atoms with Gasteiger partial charge in [-0.05, 0) is 12.1 Å². The van der Waals surface area contributed by atoms with Crippen molar-refractivity contribution in [2.75, 3.05) is 0 Å². The van der Waals surface area contributed by atoms with Gasteiger partial charge in [0.25, 0.3) is 0 Å². The van der Waals surface area contributed by atoms with Crippen molar-refractivity contribution in [2.24, 2.45) is 0 Å². The van der Waals surface area contributed by atoms with Crippen molar-refractivity contribution >= 4 is 12.2 Å². The molecule has 2 N–H and O–H groups in total. The summed E-state index contributed by atoms with van der Waals surface area (Å²) >= 11 is 0. The van der Waals surface area contributed by atoms with Crippen molar-refractivity contribution in [3.8, 4) is 0 Å². The van der Waals surface area contributed by atoms with Gasteiger partial charge in [-0.2, -0.15) is 0 Å². The summed E-state index contributed by atoms with van der Waals surface area (Å²) in [7, 11) is 0. The number of hydrogen-bond acceptors (Lipinski definition) is 5. The lowest BCUT2D eigenvalue weighted by Crippen LogP contribution is -1.16. The Labute approximate surface area is 70.0 Å². The van der Waals surface area contributed by atoms with Crippen LogP contribution in [0.3, 0.4) is 0 Å². The molecule has 1 rings (SSSR count). The highest BCUT2D eigenvalue weighted by Gasteiger charge is 1.58. The monoisotopic (exact) mass is 170 g/mol. The maximum atomic E-state index is 8.35. The predicted molar refractivity (Wildman–Crippen MR) is 42.3 cm³/mol. The van der Waals surface area contributed by atoms with E-state index in [1.54, 1.807) is 12.5 Å². The van der Waals surface area contributed by atoms with Crippen LogP contribution in [0.2, 0.25) is 0 Å². The molecular weight excluding hydrogens is 160 g/mol. The van der Waals surface area contributed by atoms with E-state index in [9.17, 15) is 0 Å². The zero-order valence-corrected chi connectivity index (χ0v) is 5.53. The fraction of sp³-hybridized carbons (Fsp3) is 0.143. The first-order valence-corrected chi connectivity index (χ1v) is 2.38. The SMILES string of the molecule is C.N=C=O.N=C=O.c1ccoc1. The van der Waals surface area contributed by atoms with Crippen LogP contribution in [-0.2, 0) is 9.59 Å². The Kier molecular flexibility index (Phi) is 31.7. The molecule has 1 heterocycles. The number of furan rings is 1. The van der Waals surface area contributed by atoms with Crippen LogP contribution < -0.4 is 0 Å². The molecule has 0 radical (unpaired) electrons. The molecule has 0 saturated heterocycles. The molecule has 0 spiro atoms. The maximum Gasteiger partial charge on any atom is 0.231 e. The number of carbonyl (C=O) groups excluding carboxylic acids is 2. The molecule has 0 amide bonds. The van der Waals surface area contributed by atoms with Gasteiger partial charge in [0.15, 0.2) is 0 Å². The summed E-state index contributed by atoms with van der Waals surface area (Å²) in [5.41, 5.74) is 0. The van der Waals surface area contributed by atoms with Gasteiger partial charge in [-0.15, -0.1) is 0 Å². The molecular formula is C7H10N2O3. The molecule has 0 atom stereocenters. The molecule has 1 aromatic rings. The average molecular weight is 170 g/mol. The fourth-order valence-corrected chi connectivity index (χ4v) is 0.227. The first-order valence-electron chi connectivity index (χ1n) is 2.38. The van der Waals surface area contributed by atoms with Crippen LogP contribution in [0.5, 0.6) is 0 Å². The van der Waals surface area contributed by atoms with E-state index in [0.29, 0.717) is 0 Å². The number of nitrogens with one attached hydrogen (secondary N) is 2. The molecule has 0 aromatic carbocycles. The minimum Gasteiger partial charge on any atom is -0.473 e. The van der Waals surface area contributed by atoms with Crippen LogP contribution in [0.1, 0.15) is 7.43 Å². The van der Waals surface area contributed by atoms with Gasteiger partial charge in [-0.3, -0.25) is 0 Å². The maximum absolute atomic E-state index is 8.35. The second kappa shape index (κ2) is 23.0. The van der Waals surface area contributed by atoms with Crippen LogP contribution in [0, 0.1) is 10.8 Å². The van der Waals surface area contributed by atoms with Gasteiger partial charge in [-0.1, -0.05) is 7.43 Å². The molecule has 0 aliphatic heterocycles. The topological polar surface area (TPSA) is 95.0 Å². The Morgan fingerprint density at radius 3 is 1.33 bits per heavy atom. The Bertz CT molecular complexity index is 177. The van der Waals surface area contributed by atoms with Crippen molar-refractivity contribution < 1.29 is 14.0 Å². The number of hydrogen-bond donors (Lipinski definition) is 2. The Hall–Kier alpha value is -1.96. The molecule has 0 fully saturated rings. The lowest BCUT2D eigenvalue weighted by Gasteiger charge is -1.50. The average Bonchev–Trinajstić information content (AvgIpc) is 2.44. The van der Waals surface area contributed by atoms with Crippen molar-refractivity contribution in [1.82, 2.24) is 0 Å². The van der Waals surface area contributed by atoms with Crippen LogP contribution >= 0.6 is 0 Å². The Morgan fingerprint density at radius 2 is 1.25 bits per heavy atom. The standard InChI is InChI=1S/C4H4O.2CHNO.CH4/c1-2-4-5-3-1;2*2-1-3;/h1-4H;2*2H;1H4. The third kappa shape index (κ3) is 43.1. The van der Waals surface area contributed by atoms with Crippen molar-refractivity contribution in [2.45, 2.75) is 7.43 Å². The normalized spacial score (nSPS) is 4.67. The first kappa shape index (κ1) is 16.6. The minimum absolute atomic E-state index is 0. The molecule has 12 heavy (non-hydrogen) atoms. The summed E-state index contributed by atoms with van der Waals surface area (Å²) in [4.78, 5) is 16.7. The van der Waals surface area contributed by atoms with Gasteiger partial charge >= 0.3 is 0 Å². The number of isocyanates is 2. The number of rotatable bonds is 0. The fourth-order valence-electron chi connectivity index (χ4n) is 0.227. The van der Waals surface area contributed by atoms with E-state index in [4.69, 9.17) is 20.4 Å². The molecule has 0 bridgehead atoms. The summed E-state index contributed by atoms with van der Waals surface area (Å²) in [5.74, 6) is 0. The van der Waals surface area contributed by atoms with Crippen molar-refractivity contribution in [3.05, 3.63) is 24.7 Å². The molecule has 66 valence electrons. The Morgan fingerprint density at radius 1 is 1.00 bits per heavy atom. The summed E-state index contributed by atoms with van der Waals surface area (Å²) in [5, 5.41) is 10.8. The van der Waals surface area contributed by atoms with Crippen LogP contribution in [-0.4, -0.2) is 12.2 Å². The highest BCUT2D eigenvalue weighted by molar-refractivity contribution is 5.26. The quantitative estimate of drug-likeness (QED) is 0.458. The highest BCUT2D eigenvalue weighted by atomic mass is 16.3. The second-order valence-corrected chi connectivity index (χ2v) is 0.997. The molecule has 5 heteroatoms. The van der Waals surface area contributed by atoms with E-state index in [2.05, 4.69) is 4.42 Å². The van der Waals surface area contributed by atoms with Gasteiger partial charge in [0.1, 0.15) is 0 Å². The predicted octanol–water partition coefficient (Wildman–Crippen LogP) is 1.72. The smallest absolute Gasteiger partial charge is 0.231 e. The lowest BCUT2D eigenvalue weighted by molar-refractivity contribution is 0.562. The van der Waals surface area contributed by atoms with Crippen LogP contribution in [0.4, 0.5) is 0 Å². The van der Waals surface area contributed by atoms with Gasteiger partial charge < -0.3 is 4.42 Å². The largest absolute Gasteiger partial charge is 0.473 e. The molecule has 0 aliphatic carbocycles. The molecule has 0 aliphatic rings. The Balaban J connectivity index is -0.000000104. The summed E-state index contributed by atoms with van der Waals surface area (Å²) in [6.45, 7) is 0. The van der Waals surface area contributed by atoms with E-state index >= 15 is 0 Å². The van der Waals surface area contributed by atoms with Gasteiger partial charge in [0.05, 0.1) is 12.5 Å². The molecule has 0 unspecified atom stereocenters. The van der Waals surface area contributed by atoms with Gasteiger partial charge in [0, 0.05) is 0 Å². The molecule has 1 aromatic heterocycles. The minimum atomic E-state index is 0. The highest BCUT2D eigenvalue weighted by Crippen LogP contribution is 1.79. The van der Waals surface area contributed by atoms with Crippen molar-refractivity contribution in [1.29, 1.82) is 10.8 Å². The lowest BCUT2D eigenvalue weighted by atomic mass is 10.7. The van der Waals surface area contributed by atoms with E-state index in [1.807, 2.05) is 12.1 Å². The summed E-state index contributed by atoms with van der Waals surface area (Å²) < 4.78 is 4.58. The van der Waals surface area contributed by atoms with E-state index in [1.165, 1.54) is 0 Å². The van der Waals surface area contributed by atoms with Crippen LogP contribution in [0.15, 0.2) is 29.1 Å². The third-order valence-corrected chi connectivity index (χ3v) is 0.425. The molecule has 5 nitrogen and oxygen atoms in total. The van der Waals surface area contributed by atoms with Crippen LogP contribution in [0.25, 0.3) is 0 Å². The summed E-state index contributed by atoms with van der Waals surface area (Å²) in [6, 6.07) is 3.67. The first-order chi connectivity index (χ1) is 5.33. The van der Waals surface area contributed by atoms with E-state index in [0.717, 1.165) is 12.2 Å². The zero-order chi connectivity index (χ0) is 8.95. The van der Waals surface area contributed by atoms with E-state index < -0.39 is 0 Å². The molecule has 0 saturated carbocycles. The van der Waals surface area contributed by atoms with Gasteiger partial charge in [0.2, 0.25) is 12.2 Å². The second-order valence-electron chi connectivity index (χ2n) is 0.997. The summed E-state index contributed by atoms with van der Waals surface area (Å²) in [6.07, 6.45) is 4.75. The zero-order valence-electron chi connectivity index (χ0n) is 5.53. The third-order valence-electron chi connectivity index (χ3n) is 0.425. The van der Waals surface area contributed by atoms with Gasteiger partial charge in [-0.25, -0.2) is 20.4 Å².